The van der Waals surface area contributed by atoms with Gasteiger partial charge in [-0.05, 0) is 25.1 Å². The van der Waals surface area contributed by atoms with Gasteiger partial charge < -0.3 is 5.32 Å². The number of rotatable bonds is 4. The van der Waals surface area contributed by atoms with E-state index in [1.165, 1.54) is 0 Å². The molecule has 0 spiro atoms. The van der Waals surface area contributed by atoms with Crippen LogP contribution in [0.2, 0.25) is 0 Å². The summed E-state index contributed by atoms with van der Waals surface area (Å²) in [5, 5.41) is 18.2. The number of hydrogen-bond donors (Lipinski definition) is 1. The first kappa shape index (κ1) is 13.2. The molecule has 0 saturated heterocycles. The topological polar surface area (TPSA) is 53.6 Å². The molecule has 0 aliphatic carbocycles. The first-order valence-electron chi connectivity index (χ1n) is 7.01. The molecule has 0 bridgehead atoms. The van der Waals surface area contributed by atoms with Gasteiger partial charge in [0.05, 0.1) is 29.0 Å². The number of anilines is 1. The van der Waals surface area contributed by atoms with E-state index < -0.39 is 0 Å². The summed E-state index contributed by atoms with van der Waals surface area (Å²) in [6.07, 6.45) is 0. The fourth-order valence-electron chi connectivity index (χ4n) is 2.48. The molecular formula is C17H16N4. The SMILES string of the molecule is CCn1nc(CNc2ccccc2C#N)c2ccccc21. The van der Waals surface area contributed by atoms with Crippen LogP contribution in [0.3, 0.4) is 0 Å². The van der Waals surface area contributed by atoms with Crippen LogP contribution in [0.1, 0.15) is 18.2 Å². The Morgan fingerprint density at radius 3 is 2.71 bits per heavy atom. The third-order valence-electron chi connectivity index (χ3n) is 3.53. The van der Waals surface area contributed by atoms with Crippen molar-refractivity contribution in [2.45, 2.75) is 20.0 Å². The highest BCUT2D eigenvalue weighted by molar-refractivity contribution is 5.82. The molecule has 0 unspecified atom stereocenters. The summed E-state index contributed by atoms with van der Waals surface area (Å²) < 4.78 is 2.00. The van der Waals surface area contributed by atoms with Crippen molar-refractivity contribution in [3.8, 4) is 6.07 Å². The Hall–Kier alpha value is -2.80. The van der Waals surface area contributed by atoms with Gasteiger partial charge in [-0.2, -0.15) is 10.4 Å². The lowest BCUT2D eigenvalue weighted by molar-refractivity contribution is 0.671. The molecule has 0 fully saturated rings. The number of para-hydroxylation sites is 2. The molecular weight excluding hydrogens is 260 g/mol. The number of aromatic nitrogens is 2. The molecule has 4 heteroatoms. The van der Waals surface area contributed by atoms with Crippen molar-refractivity contribution in [1.82, 2.24) is 9.78 Å². The smallest absolute Gasteiger partial charge is 0.101 e. The van der Waals surface area contributed by atoms with Gasteiger partial charge in [-0.25, -0.2) is 0 Å². The van der Waals surface area contributed by atoms with Crippen LogP contribution in [-0.2, 0) is 13.1 Å². The van der Waals surface area contributed by atoms with E-state index in [-0.39, 0.29) is 0 Å². The summed E-state index contributed by atoms with van der Waals surface area (Å²) >= 11 is 0. The Morgan fingerprint density at radius 1 is 1.14 bits per heavy atom. The zero-order valence-electron chi connectivity index (χ0n) is 11.9. The minimum Gasteiger partial charge on any atom is -0.378 e. The molecule has 3 aromatic rings. The number of nitrogens with zero attached hydrogens (tertiary/aromatic N) is 3. The molecule has 0 amide bonds. The van der Waals surface area contributed by atoms with Crippen molar-refractivity contribution < 1.29 is 0 Å². The van der Waals surface area contributed by atoms with Gasteiger partial charge in [-0.15, -0.1) is 0 Å². The van der Waals surface area contributed by atoms with Gasteiger partial charge in [0.15, 0.2) is 0 Å². The minimum atomic E-state index is 0.603. The molecule has 104 valence electrons. The standard InChI is InChI=1S/C17H16N4/c1-2-21-17-10-6-4-8-14(17)16(20-21)12-19-15-9-5-3-7-13(15)11-18/h3-10,19H,2,12H2,1H3. The van der Waals surface area contributed by atoms with Crippen LogP contribution >= 0.6 is 0 Å². The third kappa shape index (κ3) is 2.46. The van der Waals surface area contributed by atoms with E-state index in [0.717, 1.165) is 28.8 Å². The van der Waals surface area contributed by atoms with Crippen molar-refractivity contribution in [2.24, 2.45) is 0 Å². The average Bonchev–Trinajstić information content (AvgIpc) is 2.91. The van der Waals surface area contributed by atoms with E-state index in [1.54, 1.807) is 0 Å². The van der Waals surface area contributed by atoms with E-state index in [4.69, 9.17) is 5.26 Å². The summed E-state index contributed by atoms with van der Waals surface area (Å²) in [6, 6.07) is 17.9. The predicted octanol–water partition coefficient (Wildman–Crippen LogP) is 3.54. The van der Waals surface area contributed by atoms with E-state index in [0.29, 0.717) is 12.1 Å². The normalized spacial score (nSPS) is 10.5. The third-order valence-corrected chi connectivity index (χ3v) is 3.53. The summed E-state index contributed by atoms with van der Waals surface area (Å²) in [7, 11) is 0. The lowest BCUT2D eigenvalue weighted by atomic mass is 10.2. The van der Waals surface area contributed by atoms with E-state index in [9.17, 15) is 0 Å². The molecule has 0 aliphatic rings. The van der Waals surface area contributed by atoms with E-state index in [2.05, 4.69) is 35.5 Å². The van der Waals surface area contributed by atoms with Gasteiger partial charge in [0.1, 0.15) is 6.07 Å². The van der Waals surface area contributed by atoms with Gasteiger partial charge >= 0.3 is 0 Å². The number of hydrogen-bond acceptors (Lipinski definition) is 3. The van der Waals surface area contributed by atoms with Gasteiger partial charge in [-0.1, -0.05) is 30.3 Å². The average molecular weight is 276 g/mol. The zero-order valence-corrected chi connectivity index (χ0v) is 11.9. The van der Waals surface area contributed by atoms with E-state index in [1.807, 2.05) is 41.1 Å². The maximum atomic E-state index is 9.12. The summed E-state index contributed by atoms with van der Waals surface area (Å²) in [5.74, 6) is 0. The number of benzene rings is 2. The van der Waals surface area contributed by atoms with Crippen LogP contribution in [0.25, 0.3) is 10.9 Å². The highest BCUT2D eigenvalue weighted by atomic mass is 15.3. The first-order valence-corrected chi connectivity index (χ1v) is 7.01. The quantitative estimate of drug-likeness (QED) is 0.793. The Balaban J connectivity index is 1.91. The molecule has 0 aliphatic heterocycles. The second-order valence-electron chi connectivity index (χ2n) is 4.79. The van der Waals surface area contributed by atoms with Gasteiger partial charge in [-0.3, -0.25) is 4.68 Å². The monoisotopic (exact) mass is 276 g/mol. The fraction of sp³-hybridized carbons (Fsp3) is 0.176. The highest BCUT2D eigenvalue weighted by Gasteiger charge is 2.09. The number of nitrogens with one attached hydrogen (secondary N) is 1. The molecule has 21 heavy (non-hydrogen) atoms. The molecule has 1 heterocycles. The molecule has 2 aromatic carbocycles. The Kier molecular flexibility index (Phi) is 3.57. The summed E-state index contributed by atoms with van der Waals surface area (Å²) in [4.78, 5) is 0. The number of nitriles is 1. The van der Waals surface area contributed by atoms with Crippen LogP contribution in [0.15, 0.2) is 48.5 Å². The second kappa shape index (κ2) is 5.68. The van der Waals surface area contributed by atoms with Crippen LogP contribution in [-0.4, -0.2) is 9.78 Å². The molecule has 0 radical (unpaired) electrons. The van der Waals surface area contributed by atoms with Gasteiger partial charge in [0.25, 0.3) is 0 Å². The first-order chi connectivity index (χ1) is 10.3. The predicted molar refractivity (Wildman–Crippen MR) is 83.9 cm³/mol. The van der Waals surface area contributed by atoms with Crippen LogP contribution in [0, 0.1) is 11.3 Å². The molecule has 1 aromatic heterocycles. The van der Waals surface area contributed by atoms with E-state index >= 15 is 0 Å². The number of aryl methyl sites for hydroxylation is 1. The molecule has 3 rings (SSSR count). The fourth-order valence-corrected chi connectivity index (χ4v) is 2.48. The largest absolute Gasteiger partial charge is 0.378 e. The maximum absolute atomic E-state index is 9.12. The van der Waals surface area contributed by atoms with Crippen molar-refractivity contribution in [3.05, 3.63) is 59.8 Å². The van der Waals surface area contributed by atoms with Crippen molar-refractivity contribution in [3.63, 3.8) is 0 Å². The van der Waals surface area contributed by atoms with Crippen molar-refractivity contribution in [1.29, 1.82) is 5.26 Å². The Labute approximate surface area is 123 Å². The van der Waals surface area contributed by atoms with Crippen molar-refractivity contribution >= 4 is 16.6 Å². The molecule has 0 saturated carbocycles. The molecule has 0 atom stereocenters. The van der Waals surface area contributed by atoms with Crippen LogP contribution < -0.4 is 5.32 Å². The van der Waals surface area contributed by atoms with Crippen LogP contribution in [0.5, 0.6) is 0 Å². The zero-order chi connectivity index (χ0) is 14.7. The minimum absolute atomic E-state index is 0.603. The van der Waals surface area contributed by atoms with Gasteiger partial charge in [0.2, 0.25) is 0 Å². The number of fused-ring (bicyclic) bond motifs is 1. The molecule has 4 nitrogen and oxygen atoms in total. The molecule has 1 N–H and O–H groups in total. The second-order valence-corrected chi connectivity index (χ2v) is 4.79. The summed E-state index contributed by atoms with van der Waals surface area (Å²) in [6.45, 7) is 3.53. The summed E-state index contributed by atoms with van der Waals surface area (Å²) in [5.41, 5.74) is 3.64. The van der Waals surface area contributed by atoms with Crippen molar-refractivity contribution in [2.75, 3.05) is 5.32 Å². The Bertz CT molecular complexity index is 811. The maximum Gasteiger partial charge on any atom is 0.101 e. The van der Waals surface area contributed by atoms with Crippen LogP contribution in [0.4, 0.5) is 5.69 Å². The Morgan fingerprint density at radius 2 is 1.90 bits per heavy atom. The van der Waals surface area contributed by atoms with Gasteiger partial charge in [0, 0.05) is 11.9 Å². The lowest BCUT2D eigenvalue weighted by Gasteiger charge is -2.06. The highest BCUT2D eigenvalue weighted by Crippen LogP contribution is 2.20. The lowest BCUT2D eigenvalue weighted by Crippen LogP contribution is -2.03.